The molecule has 15 heavy (non-hydrogen) atoms. The second kappa shape index (κ2) is 3.69. The number of guanidine groups is 1. The van der Waals surface area contributed by atoms with Crippen molar-refractivity contribution in [1.82, 2.24) is 10.2 Å². The first-order chi connectivity index (χ1) is 7.34. The van der Waals surface area contributed by atoms with E-state index < -0.39 is 0 Å². The molecular formula is C12H21N3. The van der Waals surface area contributed by atoms with Crippen molar-refractivity contribution in [2.75, 3.05) is 13.1 Å². The Bertz CT molecular complexity index is 268. The molecule has 0 aromatic rings. The van der Waals surface area contributed by atoms with Crippen molar-refractivity contribution in [3.63, 3.8) is 0 Å². The number of aliphatic imine (C=N–C) groups is 1. The molecule has 1 saturated carbocycles. The summed E-state index contributed by atoms with van der Waals surface area (Å²) >= 11 is 0. The van der Waals surface area contributed by atoms with E-state index in [1.807, 2.05) is 0 Å². The lowest BCUT2D eigenvalue weighted by molar-refractivity contribution is 0.217. The van der Waals surface area contributed by atoms with Crippen LogP contribution in [0.3, 0.4) is 0 Å². The van der Waals surface area contributed by atoms with E-state index in [2.05, 4.69) is 22.1 Å². The smallest absolute Gasteiger partial charge is 0.194 e. The lowest BCUT2D eigenvalue weighted by atomic mass is 9.93. The summed E-state index contributed by atoms with van der Waals surface area (Å²) in [7, 11) is 0. The van der Waals surface area contributed by atoms with Gasteiger partial charge >= 0.3 is 0 Å². The van der Waals surface area contributed by atoms with E-state index in [0.717, 1.165) is 18.5 Å². The van der Waals surface area contributed by atoms with Crippen LogP contribution in [0, 0.1) is 5.92 Å². The quantitative estimate of drug-likeness (QED) is 0.707. The van der Waals surface area contributed by atoms with Gasteiger partial charge in [0.05, 0.1) is 0 Å². The van der Waals surface area contributed by atoms with Crippen LogP contribution in [-0.4, -0.2) is 36.0 Å². The highest BCUT2D eigenvalue weighted by molar-refractivity contribution is 5.83. The first kappa shape index (κ1) is 9.49. The zero-order valence-corrected chi connectivity index (χ0v) is 9.58. The molecule has 0 radical (unpaired) electrons. The van der Waals surface area contributed by atoms with Crippen LogP contribution in [-0.2, 0) is 0 Å². The molecule has 1 aliphatic carbocycles. The fraction of sp³-hybridized carbons (Fsp3) is 0.917. The third-order valence-electron chi connectivity index (χ3n) is 4.15. The molecule has 1 saturated heterocycles. The summed E-state index contributed by atoms with van der Waals surface area (Å²) < 4.78 is 0. The summed E-state index contributed by atoms with van der Waals surface area (Å²) in [6, 6.07) is 1.38. The number of fused-ring (bicyclic) bond motifs is 1. The molecule has 0 amide bonds. The zero-order valence-electron chi connectivity index (χ0n) is 9.58. The summed E-state index contributed by atoms with van der Waals surface area (Å²) in [6.45, 7) is 4.46. The average Bonchev–Trinajstić information content (AvgIpc) is 2.82. The predicted molar refractivity (Wildman–Crippen MR) is 62.0 cm³/mol. The molecule has 84 valence electrons. The van der Waals surface area contributed by atoms with Crippen molar-refractivity contribution in [2.24, 2.45) is 10.9 Å². The van der Waals surface area contributed by atoms with Crippen molar-refractivity contribution in [1.29, 1.82) is 0 Å². The van der Waals surface area contributed by atoms with Crippen LogP contribution in [0.2, 0.25) is 0 Å². The van der Waals surface area contributed by atoms with Crippen molar-refractivity contribution < 1.29 is 0 Å². The zero-order chi connectivity index (χ0) is 10.3. The van der Waals surface area contributed by atoms with Crippen LogP contribution in [0.4, 0.5) is 0 Å². The van der Waals surface area contributed by atoms with Crippen molar-refractivity contribution in [3.8, 4) is 0 Å². The second-order valence-corrected chi connectivity index (χ2v) is 5.30. The lowest BCUT2D eigenvalue weighted by Gasteiger charge is -2.36. The van der Waals surface area contributed by atoms with Crippen LogP contribution in [0.1, 0.15) is 39.0 Å². The molecule has 2 unspecified atom stereocenters. The first-order valence-electron chi connectivity index (χ1n) is 6.42. The van der Waals surface area contributed by atoms with Gasteiger partial charge in [-0.3, -0.25) is 4.99 Å². The topological polar surface area (TPSA) is 27.6 Å². The number of rotatable bonds is 1. The van der Waals surface area contributed by atoms with Crippen LogP contribution in [0.25, 0.3) is 0 Å². The van der Waals surface area contributed by atoms with E-state index in [-0.39, 0.29) is 0 Å². The summed E-state index contributed by atoms with van der Waals surface area (Å²) in [5.74, 6) is 2.13. The van der Waals surface area contributed by atoms with Crippen molar-refractivity contribution in [3.05, 3.63) is 0 Å². The maximum absolute atomic E-state index is 4.59. The van der Waals surface area contributed by atoms with Gasteiger partial charge in [0.15, 0.2) is 5.96 Å². The van der Waals surface area contributed by atoms with Gasteiger partial charge < -0.3 is 10.2 Å². The van der Waals surface area contributed by atoms with Gasteiger partial charge in [-0.2, -0.15) is 0 Å². The van der Waals surface area contributed by atoms with Gasteiger partial charge in [-0.25, -0.2) is 0 Å². The molecule has 2 heterocycles. The third kappa shape index (κ3) is 1.62. The summed E-state index contributed by atoms with van der Waals surface area (Å²) in [4.78, 5) is 7.14. The van der Waals surface area contributed by atoms with Crippen LogP contribution < -0.4 is 5.32 Å². The van der Waals surface area contributed by atoms with Gasteiger partial charge in [-0.15, -0.1) is 0 Å². The Morgan fingerprint density at radius 3 is 2.87 bits per heavy atom. The number of nitrogens with one attached hydrogen (secondary N) is 1. The molecule has 3 nitrogen and oxygen atoms in total. The van der Waals surface area contributed by atoms with Crippen molar-refractivity contribution >= 4 is 5.96 Å². The molecule has 0 bridgehead atoms. The Morgan fingerprint density at radius 2 is 2.07 bits per heavy atom. The first-order valence-corrected chi connectivity index (χ1v) is 6.42. The van der Waals surface area contributed by atoms with Gasteiger partial charge in [0.2, 0.25) is 0 Å². The van der Waals surface area contributed by atoms with Gasteiger partial charge in [0.25, 0.3) is 0 Å². The molecule has 2 aliphatic heterocycles. The van der Waals surface area contributed by atoms with E-state index in [1.54, 1.807) is 0 Å². The Labute approximate surface area is 91.9 Å². The summed E-state index contributed by atoms with van der Waals surface area (Å²) in [6.07, 6.45) is 7.07. The maximum Gasteiger partial charge on any atom is 0.194 e. The van der Waals surface area contributed by atoms with E-state index in [0.29, 0.717) is 6.04 Å². The highest BCUT2D eigenvalue weighted by Crippen LogP contribution is 2.34. The number of nitrogens with zero attached hydrogens (tertiary/aromatic N) is 2. The molecule has 3 rings (SSSR count). The van der Waals surface area contributed by atoms with E-state index in [1.165, 1.54) is 44.6 Å². The van der Waals surface area contributed by atoms with Crippen LogP contribution >= 0.6 is 0 Å². The molecule has 2 atom stereocenters. The molecule has 1 N–H and O–H groups in total. The van der Waals surface area contributed by atoms with Gasteiger partial charge in [0, 0.05) is 25.2 Å². The summed E-state index contributed by atoms with van der Waals surface area (Å²) in [5, 5.41) is 3.49. The van der Waals surface area contributed by atoms with Gasteiger partial charge in [-0.05, 0) is 32.1 Å². The van der Waals surface area contributed by atoms with Crippen LogP contribution in [0.15, 0.2) is 4.99 Å². The Kier molecular flexibility index (Phi) is 2.33. The minimum Gasteiger partial charge on any atom is -0.352 e. The fourth-order valence-electron chi connectivity index (χ4n) is 3.45. The standard InChI is InChI=1S/C12H21N3/c1-9-8-15-11(10-4-2-3-5-10)6-7-13-12(15)14-9/h9-11H,2-8H2,1H3,(H,13,14). The molecule has 3 heteroatoms. The highest BCUT2D eigenvalue weighted by atomic mass is 15.4. The van der Waals surface area contributed by atoms with Gasteiger partial charge in [-0.1, -0.05) is 12.8 Å². The Balaban J connectivity index is 1.76. The number of hydrogen-bond acceptors (Lipinski definition) is 3. The Morgan fingerprint density at radius 1 is 1.27 bits per heavy atom. The molecular weight excluding hydrogens is 186 g/mol. The fourth-order valence-corrected chi connectivity index (χ4v) is 3.45. The maximum atomic E-state index is 4.59. The molecule has 0 aromatic heterocycles. The third-order valence-corrected chi connectivity index (χ3v) is 4.15. The Hall–Kier alpha value is -0.730. The minimum absolute atomic E-state index is 0.589. The number of hydrogen-bond donors (Lipinski definition) is 1. The molecule has 3 aliphatic rings. The predicted octanol–water partition coefficient (Wildman–Crippen LogP) is 1.60. The molecule has 2 fully saturated rings. The van der Waals surface area contributed by atoms with E-state index in [9.17, 15) is 0 Å². The SMILES string of the molecule is CC1CN2C(=NCCC2C2CCCC2)N1. The molecule has 0 spiro atoms. The van der Waals surface area contributed by atoms with E-state index in [4.69, 9.17) is 0 Å². The second-order valence-electron chi connectivity index (χ2n) is 5.30. The average molecular weight is 207 g/mol. The van der Waals surface area contributed by atoms with E-state index >= 15 is 0 Å². The minimum atomic E-state index is 0.589. The highest BCUT2D eigenvalue weighted by Gasteiger charge is 2.37. The summed E-state index contributed by atoms with van der Waals surface area (Å²) in [5.41, 5.74) is 0. The van der Waals surface area contributed by atoms with Crippen molar-refractivity contribution in [2.45, 2.75) is 51.1 Å². The molecule has 0 aromatic carbocycles. The normalized spacial score (nSPS) is 36.3. The largest absolute Gasteiger partial charge is 0.352 e. The lowest BCUT2D eigenvalue weighted by Crippen LogP contribution is -2.46. The van der Waals surface area contributed by atoms with Crippen LogP contribution in [0.5, 0.6) is 0 Å². The monoisotopic (exact) mass is 207 g/mol. The van der Waals surface area contributed by atoms with Gasteiger partial charge in [0.1, 0.15) is 0 Å².